The number of carbonyl (C=O) groups is 2. The van der Waals surface area contributed by atoms with Gasteiger partial charge in [-0.25, -0.2) is 13.2 Å². The van der Waals surface area contributed by atoms with Crippen LogP contribution in [-0.4, -0.2) is 18.5 Å². The van der Waals surface area contributed by atoms with E-state index in [9.17, 15) is 22.8 Å². The summed E-state index contributed by atoms with van der Waals surface area (Å²) in [5.74, 6) is -4.55. The van der Waals surface area contributed by atoms with E-state index in [1.807, 2.05) is 6.92 Å². The Bertz CT molecular complexity index is 561. The second-order valence-corrected chi connectivity index (χ2v) is 5.30. The zero-order chi connectivity index (χ0) is 17.9. The van der Waals surface area contributed by atoms with Crippen molar-refractivity contribution in [3.05, 3.63) is 35.1 Å². The molecule has 0 fully saturated rings. The third kappa shape index (κ3) is 7.48. The van der Waals surface area contributed by atoms with Crippen LogP contribution < -0.4 is 0 Å². The SMILES string of the molecule is CCCCCOC(=O)CCCC(=O)OCc1cc(F)c(F)cc1F. The highest BCUT2D eigenvalue weighted by Crippen LogP contribution is 2.15. The Hall–Kier alpha value is -2.05. The third-order valence-corrected chi connectivity index (χ3v) is 3.25. The molecule has 1 aromatic carbocycles. The Morgan fingerprint density at radius 3 is 2.17 bits per heavy atom. The summed E-state index contributed by atoms with van der Waals surface area (Å²) in [5.41, 5.74) is -0.252. The molecule has 0 saturated heterocycles. The van der Waals surface area contributed by atoms with Crippen molar-refractivity contribution in [1.82, 2.24) is 0 Å². The van der Waals surface area contributed by atoms with Crippen molar-refractivity contribution in [2.45, 2.75) is 52.1 Å². The van der Waals surface area contributed by atoms with Crippen LogP contribution in [-0.2, 0) is 25.7 Å². The highest BCUT2D eigenvalue weighted by molar-refractivity contribution is 5.72. The highest BCUT2D eigenvalue weighted by atomic mass is 19.2. The zero-order valence-electron chi connectivity index (χ0n) is 13.6. The molecule has 0 amide bonds. The summed E-state index contributed by atoms with van der Waals surface area (Å²) in [7, 11) is 0. The van der Waals surface area contributed by atoms with Gasteiger partial charge in [0.15, 0.2) is 11.6 Å². The molecule has 0 saturated carbocycles. The van der Waals surface area contributed by atoms with E-state index >= 15 is 0 Å². The molecule has 24 heavy (non-hydrogen) atoms. The number of hydrogen-bond donors (Lipinski definition) is 0. The van der Waals surface area contributed by atoms with E-state index in [1.165, 1.54) is 0 Å². The van der Waals surface area contributed by atoms with E-state index in [0.717, 1.165) is 19.3 Å². The lowest BCUT2D eigenvalue weighted by atomic mass is 10.2. The van der Waals surface area contributed by atoms with E-state index in [-0.39, 0.29) is 30.8 Å². The fraction of sp³-hybridized carbons (Fsp3) is 0.529. The quantitative estimate of drug-likeness (QED) is 0.364. The summed E-state index contributed by atoms with van der Waals surface area (Å²) < 4.78 is 48.9. The summed E-state index contributed by atoms with van der Waals surface area (Å²) in [6, 6.07) is 1.04. The molecule has 1 aromatic rings. The lowest BCUT2D eigenvalue weighted by Crippen LogP contribution is -2.09. The molecule has 0 aliphatic carbocycles. The van der Waals surface area contributed by atoms with Gasteiger partial charge in [0.25, 0.3) is 0 Å². The van der Waals surface area contributed by atoms with Crippen molar-refractivity contribution in [1.29, 1.82) is 0 Å². The van der Waals surface area contributed by atoms with Gasteiger partial charge in [-0.15, -0.1) is 0 Å². The summed E-state index contributed by atoms with van der Waals surface area (Å²) in [5, 5.41) is 0. The van der Waals surface area contributed by atoms with Gasteiger partial charge in [0.2, 0.25) is 0 Å². The van der Waals surface area contributed by atoms with E-state index in [4.69, 9.17) is 9.47 Å². The first-order valence-corrected chi connectivity index (χ1v) is 7.88. The monoisotopic (exact) mass is 346 g/mol. The van der Waals surface area contributed by atoms with Crippen LogP contribution in [0.25, 0.3) is 0 Å². The zero-order valence-corrected chi connectivity index (χ0v) is 13.6. The molecular formula is C17H21F3O4. The van der Waals surface area contributed by atoms with E-state index < -0.39 is 30.0 Å². The van der Waals surface area contributed by atoms with Gasteiger partial charge in [-0.05, 0) is 18.9 Å². The minimum Gasteiger partial charge on any atom is -0.466 e. The molecule has 0 aliphatic heterocycles. The molecule has 7 heteroatoms. The minimum atomic E-state index is -1.31. The van der Waals surface area contributed by atoms with Crippen LogP contribution in [0.4, 0.5) is 13.2 Å². The van der Waals surface area contributed by atoms with Gasteiger partial charge < -0.3 is 9.47 Å². The predicted molar refractivity (Wildman–Crippen MR) is 80.4 cm³/mol. The Labute approximate surface area is 138 Å². The van der Waals surface area contributed by atoms with Gasteiger partial charge in [0.1, 0.15) is 12.4 Å². The molecule has 0 unspecified atom stereocenters. The lowest BCUT2D eigenvalue weighted by Gasteiger charge is -2.07. The number of esters is 2. The molecule has 0 heterocycles. The van der Waals surface area contributed by atoms with Crippen LogP contribution in [0.5, 0.6) is 0 Å². The fourth-order valence-electron chi connectivity index (χ4n) is 1.89. The van der Waals surface area contributed by atoms with Crippen molar-refractivity contribution in [3.63, 3.8) is 0 Å². The maximum absolute atomic E-state index is 13.4. The van der Waals surface area contributed by atoms with Crippen LogP contribution >= 0.6 is 0 Å². The normalized spacial score (nSPS) is 10.5. The standard InChI is InChI=1S/C17H21F3O4/c1-2-3-4-8-23-16(21)6-5-7-17(22)24-11-12-9-14(19)15(20)10-13(12)18/h9-10H,2-8,11H2,1H3. The van der Waals surface area contributed by atoms with Gasteiger partial charge in [-0.1, -0.05) is 19.8 Å². The Morgan fingerprint density at radius 1 is 0.875 bits per heavy atom. The lowest BCUT2D eigenvalue weighted by molar-refractivity contribution is -0.146. The third-order valence-electron chi connectivity index (χ3n) is 3.25. The van der Waals surface area contributed by atoms with Gasteiger partial charge in [-0.3, -0.25) is 9.59 Å². The summed E-state index contributed by atoms with van der Waals surface area (Å²) in [6.45, 7) is 1.91. The van der Waals surface area contributed by atoms with Crippen LogP contribution in [0.2, 0.25) is 0 Å². The van der Waals surface area contributed by atoms with Crippen LogP contribution in [0.15, 0.2) is 12.1 Å². The number of ether oxygens (including phenoxy) is 2. The number of hydrogen-bond acceptors (Lipinski definition) is 4. The molecule has 0 aromatic heterocycles. The van der Waals surface area contributed by atoms with Crippen molar-refractivity contribution >= 4 is 11.9 Å². The van der Waals surface area contributed by atoms with Gasteiger partial charge in [0, 0.05) is 24.5 Å². The number of halogens is 3. The topological polar surface area (TPSA) is 52.6 Å². The van der Waals surface area contributed by atoms with Gasteiger partial charge >= 0.3 is 11.9 Å². The predicted octanol–water partition coefficient (Wildman–Crippen LogP) is 4.05. The highest BCUT2D eigenvalue weighted by Gasteiger charge is 2.12. The number of unbranched alkanes of at least 4 members (excludes halogenated alkanes) is 2. The van der Waals surface area contributed by atoms with Crippen molar-refractivity contribution in [2.24, 2.45) is 0 Å². The maximum atomic E-state index is 13.4. The van der Waals surface area contributed by atoms with E-state index in [2.05, 4.69) is 0 Å². The molecule has 0 spiro atoms. The fourth-order valence-corrected chi connectivity index (χ4v) is 1.89. The number of benzene rings is 1. The molecule has 0 radical (unpaired) electrons. The second-order valence-electron chi connectivity index (χ2n) is 5.30. The first kappa shape index (κ1) is 20.0. The number of carbonyl (C=O) groups excluding carboxylic acids is 2. The van der Waals surface area contributed by atoms with Crippen LogP contribution in [0, 0.1) is 17.5 Å². The molecule has 1 rings (SSSR count). The van der Waals surface area contributed by atoms with E-state index in [0.29, 0.717) is 18.7 Å². The summed E-state index contributed by atoms with van der Waals surface area (Å²) in [4.78, 5) is 22.9. The van der Waals surface area contributed by atoms with Crippen LogP contribution in [0.1, 0.15) is 51.0 Å². The minimum absolute atomic E-state index is 0.0463. The van der Waals surface area contributed by atoms with Crippen LogP contribution in [0.3, 0.4) is 0 Å². The number of rotatable bonds is 10. The average Bonchev–Trinajstić information content (AvgIpc) is 2.54. The summed E-state index contributed by atoms with van der Waals surface area (Å²) in [6.07, 6.45) is 3.11. The smallest absolute Gasteiger partial charge is 0.306 e. The van der Waals surface area contributed by atoms with Gasteiger partial charge in [-0.2, -0.15) is 0 Å². The first-order chi connectivity index (χ1) is 11.4. The Balaban J connectivity index is 2.23. The molecule has 134 valence electrons. The second kappa shape index (κ2) is 10.7. The molecular weight excluding hydrogens is 325 g/mol. The molecule has 0 N–H and O–H groups in total. The Kier molecular flexibility index (Phi) is 8.89. The summed E-state index contributed by atoms with van der Waals surface area (Å²) >= 11 is 0. The molecule has 0 bridgehead atoms. The van der Waals surface area contributed by atoms with E-state index in [1.54, 1.807) is 0 Å². The largest absolute Gasteiger partial charge is 0.466 e. The molecule has 4 nitrogen and oxygen atoms in total. The first-order valence-electron chi connectivity index (χ1n) is 7.88. The maximum Gasteiger partial charge on any atom is 0.306 e. The van der Waals surface area contributed by atoms with Gasteiger partial charge in [0.05, 0.1) is 6.61 Å². The van der Waals surface area contributed by atoms with Crippen molar-refractivity contribution in [2.75, 3.05) is 6.61 Å². The molecule has 0 aliphatic rings. The average molecular weight is 346 g/mol. The van der Waals surface area contributed by atoms with Crippen molar-refractivity contribution in [3.8, 4) is 0 Å². The molecule has 0 atom stereocenters. The Morgan fingerprint density at radius 2 is 1.50 bits per heavy atom. The van der Waals surface area contributed by atoms with Crippen molar-refractivity contribution < 1.29 is 32.2 Å².